The normalized spacial score (nSPS) is 21.7. The van der Waals surface area contributed by atoms with Gasteiger partial charge in [-0.05, 0) is 67.7 Å². The first-order chi connectivity index (χ1) is 16.0. The van der Waals surface area contributed by atoms with Crippen LogP contribution in [0.25, 0.3) is 5.82 Å². The SMILES string of the molecule is O=C1NC(=O)C(Cc2ccccc2F)(C2CCN(Cc3cccn3-c3ccccn3)CC2)N1. The van der Waals surface area contributed by atoms with Crippen molar-refractivity contribution in [1.82, 2.24) is 25.1 Å². The van der Waals surface area contributed by atoms with Gasteiger partial charge in [0.05, 0.1) is 0 Å². The van der Waals surface area contributed by atoms with Crippen molar-refractivity contribution < 1.29 is 14.0 Å². The fourth-order valence-corrected chi connectivity index (χ4v) is 5.08. The molecule has 2 aliphatic rings. The van der Waals surface area contributed by atoms with Crippen molar-refractivity contribution in [2.75, 3.05) is 13.1 Å². The van der Waals surface area contributed by atoms with Gasteiger partial charge in [0.25, 0.3) is 5.91 Å². The van der Waals surface area contributed by atoms with E-state index < -0.39 is 11.6 Å². The van der Waals surface area contributed by atoms with Crippen molar-refractivity contribution in [3.8, 4) is 5.82 Å². The molecular weight excluding hydrogens is 421 g/mol. The molecule has 1 unspecified atom stereocenters. The summed E-state index contributed by atoms with van der Waals surface area (Å²) in [6, 6.07) is 15.9. The quantitative estimate of drug-likeness (QED) is 0.570. The zero-order valence-corrected chi connectivity index (χ0v) is 18.2. The van der Waals surface area contributed by atoms with Gasteiger partial charge in [0.15, 0.2) is 0 Å². The molecule has 170 valence electrons. The Balaban J connectivity index is 1.30. The number of pyridine rings is 1. The van der Waals surface area contributed by atoms with E-state index in [1.807, 2.05) is 30.5 Å². The van der Waals surface area contributed by atoms with Gasteiger partial charge >= 0.3 is 6.03 Å². The van der Waals surface area contributed by atoms with Gasteiger partial charge < -0.3 is 9.88 Å². The third-order valence-electron chi connectivity index (χ3n) is 6.80. The van der Waals surface area contributed by atoms with Gasteiger partial charge in [0.2, 0.25) is 0 Å². The predicted octanol–water partition coefficient (Wildman–Crippen LogP) is 3.04. The number of hydrogen-bond acceptors (Lipinski definition) is 4. The summed E-state index contributed by atoms with van der Waals surface area (Å²) in [5.74, 6) is 0.0701. The molecule has 8 heteroatoms. The number of nitrogens with one attached hydrogen (secondary N) is 2. The topological polar surface area (TPSA) is 79.3 Å². The molecule has 7 nitrogen and oxygen atoms in total. The second-order valence-electron chi connectivity index (χ2n) is 8.76. The zero-order valence-electron chi connectivity index (χ0n) is 18.2. The Hall–Kier alpha value is -3.52. The van der Waals surface area contributed by atoms with Crippen LogP contribution in [-0.2, 0) is 17.8 Å². The highest BCUT2D eigenvalue weighted by atomic mass is 19.1. The number of benzene rings is 1. The van der Waals surface area contributed by atoms with E-state index in [9.17, 15) is 14.0 Å². The van der Waals surface area contributed by atoms with Gasteiger partial charge in [0.1, 0.15) is 17.2 Å². The minimum atomic E-state index is -1.13. The Morgan fingerprint density at radius 1 is 1.03 bits per heavy atom. The molecule has 0 saturated carbocycles. The summed E-state index contributed by atoms with van der Waals surface area (Å²) in [4.78, 5) is 31.8. The van der Waals surface area contributed by atoms with Crippen LogP contribution in [0.2, 0.25) is 0 Å². The van der Waals surface area contributed by atoms with Gasteiger partial charge in [0, 0.05) is 31.1 Å². The maximum Gasteiger partial charge on any atom is 0.322 e. The number of hydrogen-bond donors (Lipinski definition) is 2. The largest absolute Gasteiger partial charge is 0.323 e. The second kappa shape index (κ2) is 8.78. The van der Waals surface area contributed by atoms with E-state index >= 15 is 0 Å². The Morgan fingerprint density at radius 2 is 1.82 bits per heavy atom. The van der Waals surface area contributed by atoms with Crippen LogP contribution in [0, 0.1) is 11.7 Å². The van der Waals surface area contributed by atoms with Gasteiger partial charge in [-0.2, -0.15) is 0 Å². The Morgan fingerprint density at radius 3 is 2.52 bits per heavy atom. The highest BCUT2D eigenvalue weighted by Crippen LogP contribution is 2.35. The number of piperidine rings is 1. The number of halogens is 1. The molecule has 33 heavy (non-hydrogen) atoms. The number of likely N-dealkylation sites (tertiary alicyclic amines) is 1. The Kier molecular flexibility index (Phi) is 5.68. The number of aromatic nitrogens is 2. The average Bonchev–Trinajstić information content (AvgIpc) is 3.40. The smallest absolute Gasteiger partial charge is 0.322 e. The number of urea groups is 1. The van der Waals surface area contributed by atoms with Crippen LogP contribution in [0.4, 0.5) is 9.18 Å². The summed E-state index contributed by atoms with van der Waals surface area (Å²) in [6.45, 7) is 2.32. The molecule has 0 aliphatic carbocycles. The second-order valence-corrected chi connectivity index (χ2v) is 8.76. The minimum Gasteiger partial charge on any atom is -0.323 e. The summed E-state index contributed by atoms with van der Waals surface area (Å²) in [5, 5.41) is 5.24. The highest BCUT2D eigenvalue weighted by molar-refractivity contribution is 6.07. The molecular formula is C25H26FN5O2. The third-order valence-corrected chi connectivity index (χ3v) is 6.80. The lowest BCUT2D eigenvalue weighted by Gasteiger charge is -2.40. The molecule has 2 aliphatic heterocycles. The van der Waals surface area contributed by atoms with Crippen molar-refractivity contribution in [3.63, 3.8) is 0 Å². The van der Waals surface area contributed by atoms with E-state index in [4.69, 9.17) is 0 Å². The van der Waals surface area contributed by atoms with Crippen molar-refractivity contribution in [2.45, 2.75) is 31.3 Å². The van der Waals surface area contributed by atoms with Crippen LogP contribution in [0.1, 0.15) is 24.1 Å². The molecule has 2 N–H and O–H groups in total. The number of amides is 3. The summed E-state index contributed by atoms with van der Waals surface area (Å²) >= 11 is 0. The fourth-order valence-electron chi connectivity index (χ4n) is 5.08. The van der Waals surface area contributed by atoms with Crippen LogP contribution >= 0.6 is 0 Å². The summed E-state index contributed by atoms with van der Waals surface area (Å²) < 4.78 is 16.5. The van der Waals surface area contributed by atoms with E-state index in [-0.39, 0.29) is 24.1 Å². The first-order valence-corrected chi connectivity index (χ1v) is 11.2. The van der Waals surface area contributed by atoms with Crippen molar-refractivity contribution in [3.05, 3.63) is 84.1 Å². The molecule has 0 radical (unpaired) electrons. The van der Waals surface area contributed by atoms with E-state index in [0.717, 1.165) is 44.0 Å². The van der Waals surface area contributed by atoms with Gasteiger partial charge in [-0.15, -0.1) is 0 Å². The van der Waals surface area contributed by atoms with E-state index in [0.29, 0.717) is 5.56 Å². The van der Waals surface area contributed by atoms with Crippen LogP contribution in [-0.4, -0.2) is 45.0 Å². The summed E-state index contributed by atoms with van der Waals surface area (Å²) in [6.07, 6.45) is 5.39. The summed E-state index contributed by atoms with van der Waals surface area (Å²) in [5.41, 5.74) is 0.449. The molecule has 0 spiro atoms. The zero-order chi connectivity index (χ0) is 22.8. The molecule has 1 atom stereocenters. The molecule has 2 aromatic heterocycles. The molecule has 1 aromatic carbocycles. The van der Waals surface area contributed by atoms with Gasteiger partial charge in [-0.1, -0.05) is 24.3 Å². The monoisotopic (exact) mass is 447 g/mol. The number of carbonyl (C=O) groups excluding carboxylic acids is 2. The van der Waals surface area contributed by atoms with Crippen LogP contribution in [0.3, 0.4) is 0 Å². The van der Waals surface area contributed by atoms with Crippen molar-refractivity contribution in [2.24, 2.45) is 5.92 Å². The lowest BCUT2D eigenvalue weighted by molar-refractivity contribution is -0.126. The van der Waals surface area contributed by atoms with Crippen LogP contribution in [0.5, 0.6) is 0 Å². The van der Waals surface area contributed by atoms with Crippen LogP contribution < -0.4 is 10.6 Å². The first-order valence-electron chi connectivity index (χ1n) is 11.2. The number of imide groups is 1. The summed E-state index contributed by atoms with van der Waals surface area (Å²) in [7, 11) is 0. The van der Waals surface area contributed by atoms with E-state index in [2.05, 4.69) is 31.2 Å². The number of carbonyl (C=O) groups is 2. The minimum absolute atomic E-state index is 0.0811. The Labute approximate surface area is 191 Å². The van der Waals surface area contributed by atoms with Crippen molar-refractivity contribution >= 4 is 11.9 Å². The van der Waals surface area contributed by atoms with E-state index in [1.54, 1.807) is 24.4 Å². The van der Waals surface area contributed by atoms with Crippen LogP contribution in [0.15, 0.2) is 67.0 Å². The predicted molar refractivity (Wildman–Crippen MR) is 121 cm³/mol. The fraction of sp³-hybridized carbons (Fsp3) is 0.320. The standard InChI is InChI=1S/C25H26FN5O2/c26-21-8-2-1-6-18(21)16-25(23(32)28-24(33)29-25)19-10-14-30(15-11-19)17-20-7-5-13-31(20)22-9-3-4-12-27-22/h1-9,12-13,19H,10-11,14-17H2,(H2,28,29,32,33). The number of nitrogens with zero attached hydrogens (tertiary/aromatic N) is 3. The average molecular weight is 448 g/mol. The lowest BCUT2D eigenvalue weighted by atomic mass is 9.74. The molecule has 4 heterocycles. The first kappa shape index (κ1) is 21.3. The molecule has 0 bridgehead atoms. The Bertz CT molecular complexity index is 1160. The number of rotatable bonds is 6. The molecule has 2 fully saturated rings. The van der Waals surface area contributed by atoms with E-state index in [1.165, 1.54) is 6.07 Å². The third kappa shape index (κ3) is 4.14. The van der Waals surface area contributed by atoms with Gasteiger partial charge in [-0.3, -0.25) is 15.0 Å². The highest BCUT2D eigenvalue weighted by Gasteiger charge is 2.52. The molecule has 3 aromatic rings. The molecule has 5 rings (SSSR count). The molecule has 3 amide bonds. The van der Waals surface area contributed by atoms with Gasteiger partial charge in [-0.25, -0.2) is 14.2 Å². The lowest BCUT2D eigenvalue weighted by Crippen LogP contribution is -2.57. The molecule has 2 saturated heterocycles. The maximum absolute atomic E-state index is 14.4. The maximum atomic E-state index is 14.4. The van der Waals surface area contributed by atoms with Crippen molar-refractivity contribution in [1.29, 1.82) is 0 Å².